The average molecular weight is 476 g/mol. The maximum atomic E-state index is 14.6. The molecule has 0 aliphatic rings. The Kier molecular flexibility index (Phi) is 5.16. The van der Waals surface area contributed by atoms with Crippen molar-refractivity contribution in [2.75, 3.05) is 6.26 Å². The molecule has 0 fully saturated rings. The summed E-state index contributed by atoms with van der Waals surface area (Å²) in [5.41, 5.74) is 0.303. The van der Waals surface area contributed by atoms with Crippen molar-refractivity contribution in [3.05, 3.63) is 47.3 Å². The molecule has 0 aliphatic carbocycles. The molecule has 0 N–H and O–H groups in total. The van der Waals surface area contributed by atoms with Gasteiger partial charge in [-0.3, -0.25) is 9.67 Å². The van der Waals surface area contributed by atoms with Crippen LogP contribution >= 0.6 is 11.6 Å². The molecule has 3 heterocycles. The van der Waals surface area contributed by atoms with Crippen LogP contribution in [0.15, 0.2) is 35.6 Å². The Bertz CT molecular complexity index is 1410. The van der Waals surface area contributed by atoms with Crippen LogP contribution in [0.1, 0.15) is 12.2 Å². The van der Waals surface area contributed by atoms with Gasteiger partial charge in [0.2, 0.25) is 0 Å². The smallest absolute Gasteiger partial charge is 0.324 e. The molecule has 0 aliphatic heterocycles. The number of imidazole rings is 1. The molecule has 0 bridgehead atoms. The van der Waals surface area contributed by atoms with Crippen LogP contribution in [0.3, 0.4) is 0 Å². The van der Waals surface area contributed by atoms with E-state index in [0.717, 1.165) is 16.9 Å². The van der Waals surface area contributed by atoms with E-state index >= 15 is 0 Å². The van der Waals surface area contributed by atoms with Gasteiger partial charge < -0.3 is 4.57 Å². The fraction of sp³-hybridized carbons (Fsp3) is 0.278. The van der Waals surface area contributed by atoms with Crippen LogP contribution in [0.2, 0.25) is 5.02 Å². The zero-order valence-corrected chi connectivity index (χ0v) is 17.4. The number of aryl methyl sites for hydroxylation is 1. The predicted molar refractivity (Wildman–Crippen MR) is 105 cm³/mol. The van der Waals surface area contributed by atoms with Crippen molar-refractivity contribution in [3.63, 3.8) is 0 Å². The molecule has 3 aromatic heterocycles. The number of hydrogen-bond acceptors (Lipinski definition) is 5. The van der Waals surface area contributed by atoms with Gasteiger partial charge in [-0.2, -0.15) is 18.3 Å². The molecule has 0 atom stereocenters. The molecule has 31 heavy (non-hydrogen) atoms. The zero-order valence-electron chi connectivity index (χ0n) is 15.9. The fourth-order valence-electron chi connectivity index (χ4n) is 3.35. The summed E-state index contributed by atoms with van der Waals surface area (Å²) in [6.07, 6.45) is -1.89. The van der Waals surface area contributed by atoms with Crippen molar-refractivity contribution in [2.24, 2.45) is 0 Å². The molecule has 4 rings (SSSR count). The van der Waals surface area contributed by atoms with Gasteiger partial charge in [-0.05, 0) is 18.2 Å². The minimum Gasteiger partial charge on any atom is -0.324 e. The molecule has 0 spiro atoms. The summed E-state index contributed by atoms with van der Waals surface area (Å²) in [5.74, 6) is -0.749. The molecule has 164 valence electrons. The highest BCUT2D eigenvalue weighted by atomic mass is 35.5. The third-order valence-electron chi connectivity index (χ3n) is 4.62. The number of nitrogens with zero attached hydrogens (tertiary/aromatic N) is 5. The second-order valence-electron chi connectivity index (χ2n) is 6.93. The molecule has 0 saturated heterocycles. The summed E-state index contributed by atoms with van der Waals surface area (Å²) < 4.78 is 79.8. The number of pyridine rings is 1. The van der Waals surface area contributed by atoms with E-state index in [1.807, 2.05) is 0 Å². The maximum absolute atomic E-state index is 14.6. The van der Waals surface area contributed by atoms with E-state index < -0.39 is 34.8 Å². The maximum Gasteiger partial charge on any atom is 0.390 e. The Hall–Kier alpha value is -2.73. The first-order valence-corrected chi connectivity index (χ1v) is 11.1. The normalized spacial score (nSPS) is 12.8. The van der Waals surface area contributed by atoms with Crippen LogP contribution in [-0.4, -0.2) is 45.2 Å². The van der Waals surface area contributed by atoms with E-state index in [1.165, 1.54) is 29.2 Å². The number of rotatable bonds is 5. The lowest BCUT2D eigenvalue weighted by atomic mass is 10.3. The molecule has 0 amide bonds. The van der Waals surface area contributed by atoms with E-state index in [2.05, 4.69) is 15.1 Å². The number of alkyl halides is 3. The van der Waals surface area contributed by atoms with Crippen molar-refractivity contribution in [1.82, 2.24) is 24.3 Å². The highest BCUT2D eigenvalue weighted by molar-refractivity contribution is 7.90. The van der Waals surface area contributed by atoms with E-state index in [0.29, 0.717) is 10.9 Å². The number of aromatic nitrogens is 5. The van der Waals surface area contributed by atoms with Crippen molar-refractivity contribution in [3.8, 4) is 0 Å². The zero-order chi connectivity index (χ0) is 22.6. The van der Waals surface area contributed by atoms with E-state index in [4.69, 9.17) is 11.6 Å². The first-order chi connectivity index (χ1) is 14.4. The first-order valence-electron chi connectivity index (χ1n) is 8.85. The predicted octanol–water partition coefficient (Wildman–Crippen LogP) is 3.98. The lowest BCUT2D eigenvalue weighted by Gasteiger charge is -2.12. The van der Waals surface area contributed by atoms with Crippen LogP contribution < -0.4 is 0 Å². The third kappa shape index (κ3) is 4.22. The van der Waals surface area contributed by atoms with Gasteiger partial charge in [0.15, 0.2) is 20.7 Å². The lowest BCUT2D eigenvalue weighted by molar-refractivity contribution is -0.136. The Morgan fingerprint density at radius 3 is 2.65 bits per heavy atom. The number of sulfone groups is 1. The van der Waals surface area contributed by atoms with Gasteiger partial charge in [-0.25, -0.2) is 17.8 Å². The Morgan fingerprint density at radius 1 is 1.23 bits per heavy atom. The minimum atomic E-state index is -4.47. The second-order valence-corrected chi connectivity index (χ2v) is 9.30. The van der Waals surface area contributed by atoms with E-state index in [9.17, 15) is 26.0 Å². The first kappa shape index (κ1) is 21.5. The summed E-state index contributed by atoms with van der Waals surface area (Å²) in [4.78, 5) is 8.21. The van der Waals surface area contributed by atoms with Gasteiger partial charge in [-0.1, -0.05) is 11.6 Å². The highest BCUT2D eigenvalue weighted by Crippen LogP contribution is 2.29. The SMILES string of the molecule is CS(=O)(=O)c1nn(Cc2nc3cc(Cl)cc(F)c3n2CCC(F)(F)F)c2cnccc12. The van der Waals surface area contributed by atoms with Gasteiger partial charge in [0.25, 0.3) is 0 Å². The summed E-state index contributed by atoms with van der Waals surface area (Å²) in [5, 5.41) is 4.27. The highest BCUT2D eigenvalue weighted by Gasteiger charge is 2.29. The summed E-state index contributed by atoms with van der Waals surface area (Å²) in [6.45, 7) is -0.786. The van der Waals surface area contributed by atoms with Gasteiger partial charge in [0.1, 0.15) is 11.3 Å². The van der Waals surface area contributed by atoms with Crippen LogP contribution in [-0.2, 0) is 22.9 Å². The monoisotopic (exact) mass is 475 g/mol. The molecular weight excluding hydrogens is 462 g/mol. The molecule has 0 saturated carbocycles. The topological polar surface area (TPSA) is 82.7 Å². The van der Waals surface area contributed by atoms with Gasteiger partial charge >= 0.3 is 6.18 Å². The number of halogens is 5. The molecule has 4 aromatic rings. The molecule has 0 unspecified atom stereocenters. The average Bonchev–Trinajstić information content (AvgIpc) is 3.18. The largest absolute Gasteiger partial charge is 0.390 e. The Morgan fingerprint density at radius 2 is 1.97 bits per heavy atom. The molecular formula is C18H14ClF4N5O2S. The number of hydrogen-bond donors (Lipinski definition) is 0. The van der Waals surface area contributed by atoms with E-state index in [-0.39, 0.29) is 33.5 Å². The van der Waals surface area contributed by atoms with Gasteiger partial charge in [0, 0.05) is 29.4 Å². The molecule has 1 aromatic carbocycles. The van der Waals surface area contributed by atoms with Crippen molar-refractivity contribution >= 4 is 43.4 Å². The standard InChI is InChI=1S/C18H14ClF4N5O2S/c1-31(29,30)17-11-2-4-24-8-14(11)28(26-17)9-15-25-13-7-10(19)6-12(20)16(13)27(15)5-3-18(21,22)23/h2,4,6-8H,3,5,9H2,1H3. The third-order valence-corrected chi connectivity index (χ3v) is 5.84. The lowest BCUT2D eigenvalue weighted by Crippen LogP contribution is -2.16. The second kappa shape index (κ2) is 7.45. The van der Waals surface area contributed by atoms with Crippen molar-refractivity contribution in [1.29, 1.82) is 0 Å². The van der Waals surface area contributed by atoms with Crippen LogP contribution in [0.4, 0.5) is 17.6 Å². The van der Waals surface area contributed by atoms with Crippen molar-refractivity contribution < 1.29 is 26.0 Å². The van der Waals surface area contributed by atoms with Crippen LogP contribution in [0.25, 0.3) is 21.9 Å². The van der Waals surface area contributed by atoms with Gasteiger partial charge in [-0.15, -0.1) is 0 Å². The summed E-state index contributed by atoms with van der Waals surface area (Å²) >= 11 is 5.87. The minimum absolute atomic E-state index is 0.0464. The molecule has 13 heteroatoms. The quantitative estimate of drug-likeness (QED) is 0.408. The Balaban J connectivity index is 1.88. The molecule has 0 radical (unpaired) electrons. The summed E-state index contributed by atoms with van der Waals surface area (Å²) in [7, 11) is -3.69. The van der Waals surface area contributed by atoms with Crippen molar-refractivity contribution in [2.45, 2.75) is 30.7 Å². The summed E-state index contributed by atoms with van der Waals surface area (Å²) in [6, 6.07) is 3.81. The number of fused-ring (bicyclic) bond motifs is 2. The molecule has 7 nitrogen and oxygen atoms in total. The Labute approximate surface area is 178 Å². The number of benzene rings is 1. The fourth-order valence-corrected chi connectivity index (χ4v) is 4.37. The van der Waals surface area contributed by atoms with E-state index in [1.54, 1.807) is 0 Å². The van der Waals surface area contributed by atoms with Crippen LogP contribution in [0.5, 0.6) is 0 Å². The van der Waals surface area contributed by atoms with Crippen LogP contribution in [0, 0.1) is 5.82 Å². The van der Waals surface area contributed by atoms with Gasteiger partial charge in [0.05, 0.1) is 30.2 Å².